The molecular formula is C9H22N2Si. The van der Waals surface area contributed by atoms with Crippen LogP contribution in [0, 0.1) is 0 Å². The molecule has 0 rings (SSSR count). The second-order valence-electron chi connectivity index (χ2n) is 3.55. The minimum atomic E-state index is 0.0144. The van der Waals surface area contributed by atoms with Crippen LogP contribution < -0.4 is 0 Å². The van der Waals surface area contributed by atoms with Gasteiger partial charge in [0, 0.05) is 9.52 Å². The van der Waals surface area contributed by atoms with Crippen LogP contribution in [0.4, 0.5) is 0 Å². The molecule has 0 aromatic heterocycles. The quantitative estimate of drug-likeness (QED) is 0.457. The standard InChI is InChI=1S/C9H22N2Si/c1-6-7-12-8-9(10(2)3)11(4)5/h6-7,9H,8,12H2,1-5H3/b7-6-. The predicted octanol–water partition coefficient (Wildman–Crippen LogP) is 0.556. The van der Waals surface area contributed by atoms with Gasteiger partial charge in [-0.1, -0.05) is 6.08 Å². The summed E-state index contributed by atoms with van der Waals surface area (Å²) in [7, 11) is 8.60. The van der Waals surface area contributed by atoms with Crippen LogP contribution in [0.25, 0.3) is 0 Å². The molecule has 0 radical (unpaired) electrons. The lowest BCUT2D eigenvalue weighted by molar-refractivity contribution is 0.147. The van der Waals surface area contributed by atoms with Crippen molar-refractivity contribution in [1.29, 1.82) is 0 Å². The van der Waals surface area contributed by atoms with Crippen LogP contribution in [-0.4, -0.2) is 53.7 Å². The molecule has 0 spiro atoms. The van der Waals surface area contributed by atoms with Crippen molar-refractivity contribution in [2.75, 3.05) is 28.2 Å². The van der Waals surface area contributed by atoms with E-state index in [0.29, 0.717) is 6.17 Å². The number of allylic oxidation sites excluding steroid dienone is 1. The highest BCUT2D eigenvalue weighted by atomic mass is 28.2. The highest BCUT2D eigenvalue weighted by molar-refractivity contribution is 6.42. The van der Waals surface area contributed by atoms with E-state index in [0.717, 1.165) is 0 Å². The van der Waals surface area contributed by atoms with Gasteiger partial charge in [0.05, 0.1) is 6.17 Å². The van der Waals surface area contributed by atoms with Gasteiger partial charge >= 0.3 is 0 Å². The van der Waals surface area contributed by atoms with E-state index in [4.69, 9.17) is 0 Å². The summed E-state index contributed by atoms with van der Waals surface area (Å²) in [5.74, 6) is 0. The molecule has 0 fully saturated rings. The molecule has 0 aromatic rings. The first-order valence-corrected chi connectivity index (χ1v) is 6.35. The van der Waals surface area contributed by atoms with Crippen LogP contribution in [0.1, 0.15) is 6.92 Å². The lowest BCUT2D eigenvalue weighted by Crippen LogP contribution is -2.40. The maximum absolute atomic E-state index is 2.36. The topological polar surface area (TPSA) is 6.48 Å². The lowest BCUT2D eigenvalue weighted by atomic mass is 10.5. The molecule has 0 atom stereocenters. The Morgan fingerprint density at radius 2 is 1.67 bits per heavy atom. The van der Waals surface area contributed by atoms with Gasteiger partial charge in [-0.15, -0.1) is 5.70 Å². The van der Waals surface area contributed by atoms with Crippen molar-refractivity contribution in [3.8, 4) is 0 Å². The summed E-state index contributed by atoms with van der Waals surface area (Å²) in [6.45, 7) is 2.10. The van der Waals surface area contributed by atoms with Crippen molar-refractivity contribution in [2.24, 2.45) is 0 Å². The predicted molar refractivity (Wildman–Crippen MR) is 59.3 cm³/mol. The molecule has 0 N–H and O–H groups in total. The minimum absolute atomic E-state index is 0.0144. The van der Waals surface area contributed by atoms with Crippen molar-refractivity contribution in [2.45, 2.75) is 19.1 Å². The van der Waals surface area contributed by atoms with Gasteiger partial charge in [0.25, 0.3) is 0 Å². The Kier molecular flexibility index (Phi) is 6.33. The Morgan fingerprint density at radius 3 is 2.00 bits per heavy atom. The second kappa shape index (κ2) is 6.40. The summed E-state index contributed by atoms with van der Waals surface area (Å²) in [6.07, 6.45) is 2.79. The van der Waals surface area contributed by atoms with Gasteiger partial charge in [0.1, 0.15) is 0 Å². The Hall–Kier alpha value is -0.123. The largest absolute Gasteiger partial charge is 0.294 e. The molecule has 0 amide bonds. The average Bonchev–Trinajstić information content (AvgIpc) is 1.96. The maximum Gasteiger partial charge on any atom is 0.0585 e. The zero-order valence-corrected chi connectivity index (χ0v) is 10.5. The van der Waals surface area contributed by atoms with Crippen LogP contribution in [-0.2, 0) is 0 Å². The van der Waals surface area contributed by atoms with Crippen LogP contribution in [0.2, 0.25) is 6.04 Å². The van der Waals surface area contributed by atoms with E-state index < -0.39 is 0 Å². The van der Waals surface area contributed by atoms with Crippen molar-refractivity contribution in [3.05, 3.63) is 11.8 Å². The zero-order chi connectivity index (χ0) is 9.56. The van der Waals surface area contributed by atoms with Crippen LogP contribution in [0.3, 0.4) is 0 Å². The summed E-state index contributed by atoms with van der Waals surface area (Å²) >= 11 is 0. The van der Waals surface area contributed by atoms with Gasteiger partial charge in [-0.3, -0.25) is 9.80 Å². The Bertz CT molecular complexity index is 124. The monoisotopic (exact) mass is 186 g/mol. The zero-order valence-electron chi connectivity index (χ0n) is 9.04. The molecule has 0 aliphatic heterocycles. The van der Waals surface area contributed by atoms with Gasteiger partial charge in [-0.2, -0.15) is 0 Å². The van der Waals surface area contributed by atoms with Gasteiger partial charge < -0.3 is 0 Å². The van der Waals surface area contributed by atoms with Gasteiger partial charge in [0.2, 0.25) is 0 Å². The maximum atomic E-state index is 2.36. The fourth-order valence-corrected chi connectivity index (χ4v) is 3.25. The molecule has 0 saturated carbocycles. The summed E-state index contributed by atoms with van der Waals surface area (Å²) in [4.78, 5) is 4.58. The first-order chi connectivity index (χ1) is 5.59. The first-order valence-electron chi connectivity index (χ1n) is 4.53. The SMILES string of the molecule is C/C=C\[SiH2]CC(N(C)C)N(C)C. The third kappa shape index (κ3) is 4.69. The van der Waals surface area contributed by atoms with Crippen molar-refractivity contribution in [1.82, 2.24) is 9.80 Å². The number of rotatable bonds is 5. The number of nitrogens with zero attached hydrogens (tertiary/aromatic N) is 2. The van der Waals surface area contributed by atoms with E-state index in [9.17, 15) is 0 Å². The van der Waals surface area contributed by atoms with E-state index in [1.807, 2.05) is 0 Å². The molecule has 2 nitrogen and oxygen atoms in total. The molecule has 0 aromatic carbocycles. The van der Waals surface area contributed by atoms with E-state index in [1.165, 1.54) is 6.04 Å². The van der Waals surface area contributed by atoms with Gasteiger partial charge in [-0.25, -0.2) is 0 Å². The minimum Gasteiger partial charge on any atom is -0.294 e. The summed E-state index contributed by atoms with van der Waals surface area (Å²) in [5, 5.41) is 0. The molecule has 72 valence electrons. The average molecular weight is 186 g/mol. The van der Waals surface area contributed by atoms with E-state index >= 15 is 0 Å². The third-order valence-corrected chi connectivity index (χ3v) is 3.67. The Labute approximate surface area is 79.1 Å². The second-order valence-corrected chi connectivity index (χ2v) is 5.18. The molecule has 0 saturated heterocycles. The summed E-state index contributed by atoms with van der Waals surface area (Å²) < 4.78 is 0. The first kappa shape index (κ1) is 11.9. The molecule has 0 aliphatic carbocycles. The van der Waals surface area contributed by atoms with Gasteiger partial charge in [0.15, 0.2) is 0 Å². The fourth-order valence-electron chi connectivity index (χ4n) is 1.39. The number of hydrogen-bond donors (Lipinski definition) is 0. The van der Waals surface area contributed by atoms with Crippen LogP contribution >= 0.6 is 0 Å². The summed E-state index contributed by atoms with van der Waals surface area (Å²) in [6, 6.07) is 1.34. The van der Waals surface area contributed by atoms with Crippen LogP contribution in [0.15, 0.2) is 11.8 Å². The van der Waals surface area contributed by atoms with Gasteiger partial charge in [-0.05, 0) is 41.2 Å². The van der Waals surface area contributed by atoms with Crippen molar-refractivity contribution in [3.63, 3.8) is 0 Å². The lowest BCUT2D eigenvalue weighted by Gasteiger charge is -2.30. The number of hydrogen-bond acceptors (Lipinski definition) is 2. The molecule has 0 bridgehead atoms. The highest BCUT2D eigenvalue weighted by Gasteiger charge is 2.11. The smallest absolute Gasteiger partial charge is 0.0585 e. The third-order valence-electron chi connectivity index (χ3n) is 2.02. The summed E-state index contributed by atoms with van der Waals surface area (Å²) in [5.41, 5.74) is 2.36. The molecule has 0 unspecified atom stereocenters. The van der Waals surface area contributed by atoms with E-state index in [-0.39, 0.29) is 9.52 Å². The van der Waals surface area contributed by atoms with Crippen molar-refractivity contribution < 1.29 is 0 Å². The Balaban J connectivity index is 3.79. The molecule has 0 aliphatic rings. The highest BCUT2D eigenvalue weighted by Crippen LogP contribution is 2.02. The van der Waals surface area contributed by atoms with E-state index in [1.54, 1.807) is 0 Å². The normalized spacial score (nSPS) is 13.7. The van der Waals surface area contributed by atoms with Crippen molar-refractivity contribution >= 4 is 9.52 Å². The molecule has 12 heavy (non-hydrogen) atoms. The van der Waals surface area contributed by atoms with Crippen LogP contribution in [0.5, 0.6) is 0 Å². The Morgan fingerprint density at radius 1 is 1.17 bits per heavy atom. The molecule has 0 heterocycles. The van der Waals surface area contributed by atoms with E-state index in [2.05, 4.69) is 56.7 Å². The fraction of sp³-hybridized carbons (Fsp3) is 0.778. The molecular weight excluding hydrogens is 164 g/mol. The molecule has 3 heteroatoms.